The standard InChI is InChI=1S/C13H11NO5S/c1-6(15)11-10(13(18)19-2)14-12(20-11)7-3-4-8(16)9(17)5-7/h3-5,16-17H,1-2H3. The fraction of sp³-hybridized carbons (Fsp3) is 0.154. The summed E-state index contributed by atoms with van der Waals surface area (Å²) >= 11 is 1.02. The van der Waals surface area contributed by atoms with E-state index < -0.39 is 5.97 Å². The molecule has 0 atom stereocenters. The number of aromatic hydroxyl groups is 2. The molecule has 20 heavy (non-hydrogen) atoms. The number of thiazole rings is 1. The summed E-state index contributed by atoms with van der Waals surface area (Å²) in [5, 5.41) is 19.1. The van der Waals surface area contributed by atoms with Gasteiger partial charge in [-0.1, -0.05) is 0 Å². The molecular weight excluding hydrogens is 282 g/mol. The van der Waals surface area contributed by atoms with Gasteiger partial charge in [-0.25, -0.2) is 9.78 Å². The lowest BCUT2D eigenvalue weighted by Crippen LogP contribution is -2.06. The first-order valence-corrected chi connectivity index (χ1v) is 6.38. The highest BCUT2D eigenvalue weighted by Crippen LogP contribution is 2.34. The van der Waals surface area contributed by atoms with Crippen molar-refractivity contribution in [3.63, 3.8) is 0 Å². The molecule has 1 heterocycles. The largest absolute Gasteiger partial charge is 0.504 e. The van der Waals surface area contributed by atoms with E-state index in [9.17, 15) is 19.8 Å². The van der Waals surface area contributed by atoms with Crippen LogP contribution in [0, 0.1) is 0 Å². The molecule has 0 amide bonds. The first-order chi connectivity index (χ1) is 9.43. The number of rotatable bonds is 3. The number of ether oxygens (including phenoxy) is 1. The Morgan fingerprint density at radius 3 is 2.50 bits per heavy atom. The van der Waals surface area contributed by atoms with Crippen LogP contribution >= 0.6 is 11.3 Å². The van der Waals surface area contributed by atoms with Crippen molar-refractivity contribution in [1.29, 1.82) is 0 Å². The minimum atomic E-state index is -0.694. The Labute approximate surface area is 118 Å². The lowest BCUT2D eigenvalue weighted by molar-refractivity contribution is 0.0591. The number of ketones is 1. The van der Waals surface area contributed by atoms with Crippen molar-refractivity contribution in [3.05, 3.63) is 28.8 Å². The zero-order valence-corrected chi connectivity index (χ0v) is 11.5. The van der Waals surface area contributed by atoms with E-state index in [0.717, 1.165) is 11.3 Å². The number of carbonyl (C=O) groups excluding carboxylic acids is 2. The number of methoxy groups -OCH3 is 1. The molecule has 7 heteroatoms. The predicted octanol–water partition coefficient (Wildman–Crippen LogP) is 2.21. The molecule has 0 bridgehead atoms. The fourth-order valence-corrected chi connectivity index (χ4v) is 2.52. The highest BCUT2D eigenvalue weighted by molar-refractivity contribution is 7.17. The second-order valence-corrected chi connectivity index (χ2v) is 4.95. The second-order valence-electron chi connectivity index (χ2n) is 3.95. The van der Waals surface area contributed by atoms with Crippen LogP contribution in [0.25, 0.3) is 10.6 Å². The van der Waals surface area contributed by atoms with E-state index in [1.54, 1.807) is 0 Å². The van der Waals surface area contributed by atoms with Crippen LogP contribution in [0.2, 0.25) is 0 Å². The first-order valence-electron chi connectivity index (χ1n) is 5.56. The van der Waals surface area contributed by atoms with Crippen molar-refractivity contribution in [1.82, 2.24) is 4.98 Å². The van der Waals surface area contributed by atoms with Crippen LogP contribution in [0.4, 0.5) is 0 Å². The summed E-state index contributed by atoms with van der Waals surface area (Å²) in [5.74, 6) is -1.55. The van der Waals surface area contributed by atoms with Crippen molar-refractivity contribution in [2.45, 2.75) is 6.92 Å². The quantitative estimate of drug-likeness (QED) is 0.511. The van der Waals surface area contributed by atoms with E-state index in [4.69, 9.17) is 0 Å². The second kappa shape index (κ2) is 5.30. The van der Waals surface area contributed by atoms with Crippen LogP contribution in [0.5, 0.6) is 11.5 Å². The Kier molecular flexibility index (Phi) is 3.71. The van der Waals surface area contributed by atoms with Gasteiger partial charge in [-0.3, -0.25) is 4.79 Å². The summed E-state index contributed by atoms with van der Waals surface area (Å²) in [6.07, 6.45) is 0. The normalized spacial score (nSPS) is 10.3. The molecule has 0 spiro atoms. The van der Waals surface area contributed by atoms with Gasteiger partial charge in [-0.15, -0.1) is 11.3 Å². The van der Waals surface area contributed by atoms with Crippen LogP contribution in [0.1, 0.15) is 27.1 Å². The fourth-order valence-electron chi connectivity index (χ4n) is 1.57. The molecule has 2 N–H and O–H groups in total. The maximum absolute atomic E-state index is 11.6. The zero-order valence-electron chi connectivity index (χ0n) is 10.7. The van der Waals surface area contributed by atoms with Gasteiger partial charge in [-0.2, -0.15) is 0 Å². The van der Waals surface area contributed by atoms with Gasteiger partial charge in [0, 0.05) is 12.5 Å². The summed E-state index contributed by atoms with van der Waals surface area (Å²) in [4.78, 5) is 27.4. The molecule has 0 saturated heterocycles. The number of nitrogens with zero attached hydrogens (tertiary/aromatic N) is 1. The van der Waals surface area contributed by atoms with Crippen LogP contribution in [-0.2, 0) is 4.74 Å². The molecule has 2 aromatic rings. The van der Waals surface area contributed by atoms with E-state index in [1.165, 1.54) is 32.2 Å². The van der Waals surface area contributed by atoms with Crippen LogP contribution in [-0.4, -0.2) is 34.1 Å². The van der Waals surface area contributed by atoms with Crippen molar-refractivity contribution >= 4 is 23.1 Å². The number of Topliss-reactive ketones (excluding diaryl/α,β-unsaturated/α-hetero) is 1. The van der Waals surface area contributed by atoms with E-state index >= 15 is 0 Å². The molecule has 6 nitrogen and oxygen atoms in total. The van der Waals surface area contributed by atoms with Gasteiger partial charge in [0.25, 0.3) is 0 Å². The lowest BCUT2D eigenvalue weighted by atomic mass is 10.2. The Morgan fingerprint density at radius 1 is 1.25 bits per heavy atom. The molecule has 0 fully saturated rings. The van der Waals surface area contributed by atoms with Crippen LogP contribution < -0.4 is 0 Å². The summed E-state index contributed by atoms with van der Waals surface area (Å²) in [5.41, 5.74) is 0.440. The SMILES string of the molecule is COC(=O)c1nc(-c2ccc(O)c(O)c2)sc1C(C)=O. The van der Waals surface area contributed by atoms with E-state index in [2.05, 4.69) is 9.72 Å². The molecular formula is C13H11NO5S. The monoisotopic (exact) mass is 293 g/mol. The lowest BCUT2D eigenvalue weighted by Gasteiger charge is -1.99. The number of benzene rings is 1. The highest BCUT2D eigenvalue weighted by Gasteiger charge is 2.22. The molecule has 1 aromatic heterocycles. The Bertz CT molecular complexity index is 692. The zero-order chi connectivity index (χ0) is 14.9. The maximum atomic E-state index is 11.6. The molecule has 0 saturated carbocycles. The van der Waals surface area contributed by atoms with Crippen molar-refractivity contribution in [2.24, 2.45) is 0 Å². The average Bonchev–Trinajstić information content (AvgIpc) is 2.86. The summed E-state index contributed by atoms with van der Waals surface area (Å²) in [6, 6.07) is 4.13. The Balaban J connectivity index is 2.55. The molecule has 0 aliphatic rings. The number of carbonyl (C=O) groups is 2. The van der Waals surface area contributed by atoms with Gasteiger partial charge in [0.1, 0.15) is 9.88 Å². The summed E-state index contributed by atoms with van der Waals surface area (Å²) < 4.78 is 4.58. The number of hydrogen-bond acceptors (Lipinski definition) is 7. The highest BCUT2D eigenvalue weighted by atomic mass is 32.1. The number of phenolic OH excluding ortho intramolecular Hbond substituents is 2. The van der Waals surface area contributed by atoms with Gasteiger partial charge in [0.15, 0.2) is 23.0 Å². The molecule has 0 aliphatic carbocycles. The first kappa shape index (κ1) is 14.0. The number of esters is 1. The van der Waals surface area contributed by atoms with Crippen molar-refractivity contribution in [3.8, 4) is 22.1 Å². The van der Waals surface area contributed by atoms with Gasteiger partial charge < -0.3 is 14.9 Å². The summed E-state index contributed by atoms with van der Waals surface area (Å²) in [6.45, 7) is 1.33. The molecule has 2 rings (SSSR count). The van der Waals surface area contributed by atoms with E-state index in [0.29, 0.717) is 10.6 Å². The van der Waals surface area contributed by atoms with Crippen molar-refractivity contribution in [2.75, 3.05) is 7.11 Å². The van der Waals surface area contributed by atoms with Gasteiger partial charge >= 0.3 is 5.97 Å². The third kappa shape index (κ3) is 2.48. The van der Waals surface area contributed by atoms with E-state index in [1.807, 2.05) is 0 Å². The van der Waals surface area contributed by atoms with Crippen LogP contribution in [0.15, 0.2) is 18.2 Å². The minimum Gasteiger partial charge on any atom is -0.504 e. The minimum absolute atomic E-state index is 0.0486. The van der Waals surface area contributed by atoms with Gasteiger partial charge in [0.05, 0.1) is 7.11 Å². The third-order valence-corrected chi connectivity index (χ3v) is 3.75. The average molecular weight is 293 g/mol. The Morgan fingerprint density at radius 2 is 1.95 bits per heavy atom. The Hall–Kier alpha value is -2.41. The van der Waals surface area contributed by atoms with Gasteiger partial charge in [-0.05, 0) is 18.2 Å². The van der Waals surface area contributed by atoms with Crippen molar-refractivity contribution < 1.29 is 24.5 Å². The molecule has 0 radical (unpaired) electrons. The molecule has 1 aromatic carbocycles. The smallest absolute Gasteiger partial charge is 0.358 e. The number of aromatic nitrogens is 1. The predicted molar refractivity (Wildman–Crippen MR) is 72.2 cm³/mol. The number of phenols is 2. The third-order valence-electron chi connectivity index (χ3n) is 2.55. The van der Waals surface area contributed by atoms with Gasteiger partial charge in [0.2, 0.25) is 0 Å². The van der Waals surface area contributed by atoms with Crippen LogP contribution in [0.3, 0.4) is 0 Å². The molecule has 0 unspecified atom stereocenters. The number of hydrogen-bond donors (Lipinski definition) is 2. The molecule has 0 aliphatic heterocycles. The topological polar surface area (TPSA) is 96.7 Å². The van der Waals surface area contributed by atoms with E-state index in [-0.39, 0.29) is 27.9 Å². The molecule has 104 valence electrons. The maximum Gasteiger partial charge on any atom is 0.358 e. The summed E-state index contributed by atoms with van der Waals surface area (Å²) in [7, 11) is 1.21.